The Balaban J connectivity index is 2.00. The van der Waals surface area contributed by atoms with E-state index in [4.69, 9.17) is 5.73 Å². The van der Waals surface area contributed by atoms with Crippen LogP contribution in [0.2, 0.25) is 0 Å². The first-order chi connectivity index (χ1) is 10.1. The van der Waals surface area contributed by atoms with E-state index in [9.17, 15) is 4.79 Å². The van der Waals surface area contributed by atoms with E-state index in [1.807, 2.05) is 24.8 Å². The lowest BCUT2D eigenvalue weighted by atomic mass is 10.1. The van der Waals surface area contributed by atoms with Gasteiger partial charge < -0.3 is 11.1 Å². The fourth-order valence-electron chi connectivity index (χ4n) is 2.65. The van der Waals surface area contributed by atoms with Crippen LogP contribution >= 0.6 is 23.1 Å². The van der Waals surface area contributed by atoms with Crippen LogP contribution in [0.1, 0.15) is 45.8 Å². The number of nitrogens with one attached hydrogen (secondary N) is 1. The van der Waals surface area contributed by atoms with E-state index < -0.39 is 0 Å². The molecule has 3 nitrogen and oxygen atoms in total. The van der Waals surface area contributed by atoms with E-state index in [0.29, 0.717) is 6.54 Å². The van der Waals surface area contributed by atoms with Crippen molar-refractivity contribution in [2.75, 3.05) is 19.3 Å². The van der Waals surface area contributed by atoms with Gasteiger partial charge in [-0.25, -0.2) is 0 Å². The molecule has 0 aromatic carbocycles. The van der Waals surface area contributed by atoms with Crippen LogP contribution in [0.4, 0.5) is 0 Å². The number of carbonyl (C=O) groups excluding carboxylic acids is 1. The SMILES string of the molecule is CSC1(CNC(=O)c2cc(C)c(C#CCN)s2)CCCC1. The molecule has 0 atom stereocenters. The molecule has 1 amide bonds. The molecule has 0 radical (unpaired) electrons. The fraction of sp³-hybridized carbons (Fsp3) is 0.562. The number of carbonyl (C=O) groups is 1. The summed E-state index contributed by atoms with van der Waals surface area (Å²) >= 11 is 3.34. The summed E-state index contributed by atoms with van der Waals surface area (Å²) in [6.45, 7) is 3.08. The molecule has 2 rings (SSSR count). The lowest BCUT2D eigenvalue weighted by Crippen LogP contribution is -2.38. The largest absolute Gasteiger partial charge is 0.350 e. The first-order valence-electron chi connectivity index (χ1n) is 7.23. The predicted octanol–water partition coefficient (Wildman–Crippen LogP) is 2.77. The van der Waals surface area contributed by atoms with Crippen LogP contribution < -0.4 is 11.1 Å². The van der Waals surface area contributed by atoms with Crippen molar-refractivity contribution in [1.82, 2.24) is 5.32 Å². The van der Waals surface area contributed by atoms with Crippen molar-refractivity contribution < 1.29 is 4.79 Å². The maximum absolute atomic E-state index is 12.3. The summed E-state index contributed by atoms with van der Waals surface area (Å²) in [5.41, 5.74) is 6.44. The van der Waals surface area contributed by atoms with E-state index in [1.54, 1.807) is 0 Å². The maximum Gasteiger partial charge on any atom is 0.261 e. The van der Waals surface area contributed by atoms with Crippen molar-refractivity contribution in [1.29, 1.82) is 0 Å². The van der Waals surface area contributed by atoms with Crippen LogP contribution in [0.15, 0.2) is 6.07 Å². The van der Waals surface area contributed by atoms with Crippen LogP contribution in [-0.4, -0.2) is 30.0 Å². The van der Waals surface area contributed by atoms with Crippen LogP contribution in [-0.2, 0) is 0 Å². The Morgan fingerprint density at radius 3 is 2.86 bits per heavy atom. The van der Waals surface area contributed by atoms with Crippen LogP contribution in [0.3, 0.4) is 0 Å². The normalized spacial score (nSPS) is 16.3. The Kier molecular flexibility index (Phi) is 5.74. The van der Waals surface area contributed by atoms with Crippen molar-refractivity contribution in [3.63, 3.8) is 0 Å². The highest BCUT2D eigenvalue weighted by atomic mass is 32.2. The minimum absolute atomic E-state index is 0.0178. The minimum Gasteiger partial charge on any atom is -0.350 e. The first kappa shape index (κ1) is 16.4. The third kappa shape index (κ3) is 4.03. The zero-order valence-corrected chi connectivity index (χ0v) is 14.3. The Bertz CT molecular complexity index is 563. The van der Waals surface area contributed by atoms with Crippen molar-refractivity contribution in [2.24, 2.45) is 5.73 Å². The molecule has 1 aromatic heterocycles. The molecule has 1 saturated carbocycles. The van der Waals surface area contributed by atoms with Crippen molar-refractivity contribution in [2.45, 2.75) is 37.4 Å². The molecule has 0 spiro atoms. The van der Waals surface area contributed by atoms with Gasteiger partial charge in [-0.2, -0.15) is 11.8 Å². The molecule has 3 N–H and O–H groups in total. The monoisotopic (exact) mass is 322 g/mol. The maximum atomic E-state index is 12.3. The first-order valence-corrected chi connectivity index (χ1v) is 9.27. The molecule has 114 valence electrons. The van der Waals surface area contributed by atoms with Crippen molar-refractivity contribution >= 4 is 29.0 Å². The highest BCUT2D eigenvalue weighted by molar-refractivity contribution is 8.00. The number of rotatable bonds is 4. The van der Waals surface area contributed by atoms with Gasteiger partial charge in [0, 0.05) is 11.3 Å². The van der Waals surface area contributed by atoms with Gasteiger partial charge in [0.15, 0.2) is 0 Å². The zero-order valence-electron chi connectivity index (χ0n) is 12.6. The van der Waals surface area contributed by atoms with Gasteiger partial charge in [0.05, 0.1) is 16.3 Å². The average Bonchev–Trinajstić information content (AvgIpc) is 3.10. The Morgan fingerprint density at radius 1 is 1.52 bits per heavy atom. The van der Waals surface area contributed by atoms with Crippen LogP contribution in [0.25, 0.3) is 0 Å². The molecule has 1 aromatic rings. The summed E-state index contributed by atoms with van der Waals surface area (Å²) in [5.74, 6) is 5.88. The van der Waals surface area contributed by atoms with Gasteiger partial charge in [-0.3, -0.25) is 4.79 Å². The number of hydrogen-bond donors (Lipinski definition) is 2. The van der Waals surface area contributed by atoms with E-state index in [2.05, 4.69) is 23.4 Å². The lowest BCUT2D eigenvalue weighted by molar-refractivity contribution is 0.0953. The highest BCUT2D eigenvalue weighted by Crippen LogP contribution is 2.39. The molecule has 1 aliphatic rings. The molecule has 0 saturated heterocycles. The lowest BCUT2D eigenvalue weighted by Gasteiger charge is -2.26. The van der Waals surface area contributed by atoms with E-state index in [0.717, 1.165) is 21.9 Å². The van der Waals surface area contributed by atoms with E-state index >= 15 is 0 Å². The van der Waals surface area contributed by atoms with E-state index in [1.165, 1.54) is 37.0 Å². The summed E-state index contributed by atoms with van der Waals surface area (Å²) in [7, 11) is 0. The van der Waals surface area contributed by atoms with Gasteiger partial charge in [-0.15, -0.1) is 11.3 Å². The number of aryl methyl sites for hydroxylation is 1. The second-order valence-corrected chi connectivity index (χ2v) is 7.73. The average molecular weight is 322 g/mol. The second-order valence-electron chi connectivity index (χ2n) is 5.41. The summed E-state index contributed by atoms with van der Waals surface area (Å²) < 4.78 is 0.240. The molecular weight excluding hydrogens is 300 g/mol. The highest BCUT2D eigenvalue weighted by Gasteiger charge is 2.33. The number of hydrogen-bond acceptors (Lipinski definition) is 4. The standard InChI is InChI=1S/C16H22N2OS2/c1-12-10-14(21-13(12)6-5-9-17)15(19)18-11-16(20-2)7-3-4-8-16/h10H,3-4,7-9,11,17H2,1-2H3,(H,18,19). The van der Waals surface area contributed by atoms with Crippen LogP contribution in [0.5, 0.6) is 0 Å². The minimum atomic E-state index is 0.0178. The topological polar surface area (TPSA) is 55.1 Å². The summed E-state index contributed by atoms with van der Waals surface area (Å²) in [6, 6.07) is 1.92. The van der Waals surface area contributed by atoms with Gasteiger partial charge in [0.25, 0.3) is 5.91 Å². The molecule has 5 heteroatoms. The van der Waals surface area contributed by atoms with Crippen molar-refractivity contribution in [3.05, 3.63) is 21.4 Å². The Hall–Kier alpha value is -0.960. The van der Waals surface area contributed by atoms with Gasteiger partial charge in [0.2, 0.25) is 0 Å². The van der Waals surface area contributed by atoms with Gasteiger partial charge >= 0.3 is 0 Å². The van der Waals surface area contributed by atoms with Gasteiger partial charge in [-0.05, 0) is 37.7 Å². The third-order valence-corrected chi connectivity index (χ3v) is 6.53. The summed E-state index contributed by atoms with van der Waals surface area (Å²) in [5, 5.41) is 3.11. The Labute approximate surface area is 135 Å². The fourth-order valence-corrected chi connectivity index (χ4v) is 4.53. The molecule has 0 aliphatic heterocycles. The number of amides is 1. The predicted molar refractivity (Wildman–Crippen MR) is 92.0 cm³/mol. The Morgan fingerprint density at radius 2 is 2.24 bits per heavy atom. The number of thioether (sulfide) groups is 1. The van der Waals surface area contributed by atoms with E-state index in [-0.39, 0.29) is 10.7 Å². The molecule has 0 bridgehead atoms. The molecule has 0 unspecified atom stereocenters. The molecule has 1 fully saturated rings. The molecular formula is C16H22N2OS2. The zero-order chi connectivity index (χ0) is 15.3. The van der Waals surface area contributed by atoms with Gasteiger partial charge in [0.1, 0.15) is 0 Å². The van der Waals surface area contributed by atoms with Gasteiger partial charge in [-0.1, -0.05) is 24.7 Å². The summed E-state index contributed by atoms with van der Waals surface area (Å²) in [4.78, 5) is 14.0. The number of thiophene rings is 1. The summed E-state index contributed by atoms with van der Waals surface area (Å²) in [6.07, 6.45) is 7.09. The van der Waals surface area contributed by atoms with Crippen LogP contribution in [0, 0.1) is 18.8 Å². The molecule has 1 heterocycles. The molecule has 1 aliphatic carbocycles. The van der Waals surface area contributed by atoms with Crippen molar-refractivity contribution in [3.8, 4) is 11.8 Å². The number of nitrogens with two attached hydrogens (primary N) is 1. The second kappa shape index (κ2) is 7.35. The molecule has 21 heavy (non-hydrogen) atoms. The quantitative estimate of drug-likeness (QED) is 0.838. The third-order valence-electron chi connectivity index (χ3n) is 3.96. The smallest absolute Gasteiger partial charge is 0.261 e.